The molecule has 1 unspecified atom stereocenters. The molecule has 4 heteroatoms. The number of rotatable bonds is 4. The average Bonchev–Trinajstić information content (AvgIpc) is 2.83. The van der Waals surface area contributed by atoms with Crippen molar-refractivity contribution in [1.29, 1.82) is 0 Å². The lowest BCUT2D eigenvalue weighted by Gasteiger charge is -2.15. The predicted octanol–water partition coefficient (Wildman–Crippen LogP) is 1.70. The number of benzene rings is 1. The van der Waals surface area contributed by atoms with Crippen molar-refractivity contribution < 1.29 is 9.59 Å². The van der Waals surface area contributed by atoms with Crippen LogP contribution < -0.4 is 10.6 Å². The Morgan fingerprint density at radius 1 is 1.42 bits per heavy atom. The Morgan fingerprint density at radius 2 is 2.16 bits per heavy atom. The summed E-state index contributed by atoms with van der Waals surface area (Å²) in [6, 6.07) is 7.74. The zero-order chi connectivity index (χ0) is 13.8. The minimum Gasteiger partial charge on any atom is -0.350 e. The zero-order valence-corrected chi connectivity index (χ0v) is 11.4. The standard InChI is InChI=1S/C15H20N2O2/c1-10(2)12-6-4-3-5-11(12)9-16-15(19)13-7-8-14(18)17-13/h3-6,10,13H,7-9H2,1-2H3,(H,16,19)(H,17,18). The lowest BCUT2D eigenvalue weighted by atomic mass is 9.97. The molecule has 2 rings (SSSR count). The quantitative estimate of drug-likeness (QED) is 0.865. The molecule has 1 fully saturated rings. The zero-order valence-electron chi connectivity index (χ0n) is 11.4. The molecule has 1 aliphatic rings. The number of carbonyl (C=O) groups excluding carboxylic acids is 2. The normalized spacial score (nSPS) is 18.5. The third-order valence-corrected chi connectivity index (χ3v) is 3.44. The first kappa shape index (κ1) is 13.6. The molecular weight excluding hydrogens is 240 g/mol. The number of amides is 2. The number of nitrogens with one attached hydrogen (secondary N) is 2. The van der Waals surface area contributed by atoms with E-state index in [9.17, 15) is 9.59 Å². The van der Waals surface area contributed by atoms with Gasteiger partial charge in [0.1, 0.15) is 6.04 Å². The maximum absolute atomic E-state index is 11.9. The van der Waals surface area contributed by atoms with E-state index < -0.39 is 0 Å². The van der Waals surface area contributed by atoms with Crippen molar-refractivity contribution in [2.75, 3.05) is 0 Å². The monoisotopic (exact) mass is 260 g/mol. The van der Waals surface area contributed by atoms with Gasteiger partial charge in [-0.15, -0.1) is 0 Å². The van der Waals surface area contributed by atoms with Crippen LogP contribution in [0, 0.1) is 0 Å². The maximum atomic E-state index is 11.9. The summed E-state index contributed by atoms with van der Waals surface area (Å²) in [4.78, 5) is 23.0. The molecular formula is C15H20N2O2. The maximum Gasteiger partial charge on any atom is 0.242 e. The van der Waals surface area contributed by atoms with Crippen molar-refractivity contribution in [3.05, 3.63) is 35.4 Å². The molecule has 1 aliphatic heterocycles. The van der Waals surface area contributed by atoms with Crippen LogP contribution in [0.4, 0.5) is 0 Å². The highest BCUT2D eigenvalue weighted by molar-refractivity contribution is 5.90. The second kappa shape index (κ2) is 5.87. The Morgan fingerprint density at radius 3 is 2.79 bits per heavy atom. The van der Waals surface area contributed by atoms with Crippen LogP contribution in [0.5, 0.6) is 0 Å². The van der Waals surface area contributed by atoms with E-state index in [1.165, 1.54) is 5.56 Å². The molecule has 0 radical (unpaired) electrons. The van der Waals surface area contributed by atoms with Crippen LogP contribution in [0.3, 0.4) is 0 Å². The van der Waals surface area contributed by atoms with Gasteiger partial charge in [0, 0.05) is 13.0 Å². The lowest BCUT2D eigenvalue weighted by molar-refractivity contribution is -0.125. The summed E-state index contributed by atoms with van der Waals surface area (Å²) < 4.78 is 0. The number of carbonyl (C=O) groups is 2. The molecule has 2 N–H and O–H groups in total. The van der Waals surface area contributed by atoms with Crippen molar-refractivity contribution >= 4 is 11.8 Å². The third kappa shape index (κ3) is 3.34. The molecule has 0 saturated carbocycles. The molecule has 4 nitrogen and oxygen atoms in total. The minimum absolute atomic E-state index is 0.0391. The fourth-order valence-corrected chi connectivity index (χ4v) is 2.37. The van der Waals surface area contributed by atoms with E-state index in [0.717, 1.165) is 5.56 Å². The highest BCUT2D eigenvalue weighted by atomic mass is 16.2. The molecule has 0 bridgehead atoms. The topological polar surface area (TPSA) is 58.2 Å². The summed E-state index contributed by atoms with van der Waals surface area (Å²) in [7, 11) is 0. The van der Waals surface area contributed by atoms with Crippen molar-refractivity contribution in [1.82, 2.24) is 10.6 Å². The van der Waals surface area contributed by atoms with Crippen LogP contribution in [0.1, 0.15) is 43.7 Å². The Bertz CT molecular complexity index is 483. The van der Waals surface area contributed by atoms with Gasteiger partial charge in [0.15, 0.2) is 0 Å². The first-order chi connectivity index (χ1) is 9.08. The van der Waals surface area contributed by atoms with E-state index in [1.807, 2.05) is 18.2 Å². The summed E-state index contributed by atoms with van der Waals surface area (Å²) in [6.45, 7) is 4.79. The van der Waals surface area contributed by atoms with Crippen LogP contribution in [0.25, 0.3) is 0 Å². The second-order valence-electron chi connectivity index (χ2n) is 5.23. The highest BCUT2D eigenvalue weighted by Gasteiger charge is 2.26. The summed E-state index contributed by atoms with van der Waals surface area (Å²) in [5.41, 5.74) is 2.38. The molecule has 0 aliphatic carbocycles. The SMILES string of the molecule is CC(C)c1ccccc1CNC(=O)C1CCC(=O)N1. The summed E-state index contributed by atoms with van der Waals surface area (Å²) in [5.74, 6) is 0.298. The minimum atomic E-state index is -0.362. The van der Waals surface area contributed by atoms with Crippen LogP contribution in [0.15, 0.2) is 24.3 Å². The average molecular weight is 260 g/mol. The Balaban J connectivity index is 1.95. The number of hydrogen-bond acceptors (Lipinski definition) is 2. The Kier molecular flexibility index (Phi) is 4.20. The summed E-state index contributed by atoms with van der Waals surface area (Å²) in [6.07, 6.45) is 1.04. The summed E-state index contributed by atoms with van der Waals surface area (Å²) in [5, 5.41) is 5.58. The van der Waals surface area contributed by atoms with Crippen molar-refractivity contribution in [3.63, 3.8) is 0 Å². The molecule has 0 spiro atoms. The van der Waals surface area contributed by atoms with Gasteiger partial charge in [-0.1, -0.05) is 38.1 Å². The van der Waals surface area contributed by atoms with Crippen molar-refractivity contribution in [2.45, 2.75) is 45.2 Å². The van der Waals surface area contributed by atoms with Crippen LogP contribution in [-0.2, 0) is 16.1 Å². The lowest BCUT2D eigenvalue weighted by Crippen LogP contribution is -2.41. The smallest absolute Gasteiger partial charge is 0.242 e. The van der Waals surface area contributed by atoms with Gasteiger partial charge < -0.3 is 10.6 Å². The molecule has 2 amide bonds. The Hall–Kier alpha value is -1.84. The van der Waals surface area contributed by atoms with E-state index in [1.54, 1.807) is 0 Å². The number of hydrogen-bond donors (Lipinski definition) is 2. The molecule has 1 aromatic carbocycles. The molecule has 1 atom stereocenters. The second-order valence-corrected chi connectivity index (χ2v) is 5.23. The Labute approximate surface area is 113 Å². The van der Waals surface area contributed by atoms with Gasteiger partial charge in [-0.05, 0) is 23.5 Å². The molecule has 102 valence electrons. The molecule has 0 aromatic heterocycles. The van der Waals surface area contributed by atoms with Gasteiger partial charge in [-0.3, -0.25) is 9.59 Å². The van der Waals surface area contributed by atoms with E-state index in [4.69, 9.17) is 0 Å². The van der Waals surface area contributed by atoms with Gasteiger partial charge in [0.05, 0.1) is 0 Å². The largest absolute Gasteiger partial charge is 0.350 e. The highest BCUT2D eigenvalue weighted by Crippen LogP contribution is 2.19. The van der Waals surface area contributed by atoms with E-state index in [2.05, 4.69) is 30.5 Å². The first-order valence-corrected chi connectivity index (χ1v) is 6.73. The van der Waals surface area contributed by atoms with Crippen LogP contribution in [-0.4, -0.2) is 17.9 Å². The molecule has 1 heterocycles. The van der Waals surface area contributed by atoms with Gasteiger partial charge >= 0.3 is 0 Å². The predicted molar refractivity (Wildman–Crippen MR) is 73.5 cm³/mol. The van der Waals surface area contributed by atoms with Gasteiger partial charge in [-0.25, -0.2) is 0 Å². The van der Waals surface area contributed by atoms with E-state index >= 15 is 0 Å². The van der Waals surface area contributed by atoms with Gasteiger partial charge in [0.25, 0.3) is 0 Å². The summed E-state index contributed by atoms with van der Waals surface area (Å²) >= 11 is 0. The molecule has 1 saturated heterocycles. The fraction of sp³-hybridized carbons (Fsp3) is 0.467. The van der Waals surface area contributed by atoms with Gasteiger partial charge in [0.2, 0.25) is 11.8 Å². The molecule has 19 heavy (non-hydrogen) atoms. The van der Waals surface area contributed by atoms with Crippen molar-refractivity contribution in [2.24, 2.45) is 0 Å². The first-order valence-electron chi connectivity index (χ1n) is 6.73. The van der Waals surface area contributed by atoms with Gasteiger partial charge in [-0.2, -0.15) is 0 Å². The van der Waals surface area contributed by atoms with Crippen LogP contribution >= 0.6 is 0 Å². The molecule has 1 aromatic rings. The van der Waals surface area contributed by atoms with Crippen molar-refractivity contribution in [3.8, 4) is 0 Å². The van der Waals surface area contributed by atoms with Crippen LogP contribution in [0.2, 0.25) is 0 Å². The van der Waals surface area contributed by atoms with E-state index in [-0.39, 0.29) is 17.9 Å². The van der Waals surface area contributed by atoms with E-state index in [0.29, 0.717) is 25.3 Å². The fourth-order valence-electron chi connectivity index (χ4n) is 2.37. The third-order valence-electron chi connectivity index (χ3n) is 3.44.